The van der Waals surface area contributed by atoms with Crippen LogP contribution in [0.4, 0.5) is 18.0 Å². The first-order chi connectivity index (χ1) is 11.8. The molecule has 0 fully saturated rings. The van der Waals surface area contributed by atoms with E-state index in [9.17, 15) is 22.8 Å². The predicted octanol–water partition coefficient (Wildman–Crippen LogP) is 4.57. The van der Waals surface area contributed by atoms with Gasteiger partial charge < -0.3 is 15.2 Å². The number of rotatable bonds is 6. The SMILES string of the molecule is CC(c1ccc(C(F)(F)F)cc1)C(CCC(=O)O)NC(=O)OC(C)(C)C. The number of amides is 1. The molecule has 0 aliphatic rings. The Kier molecular flexibility index (Phi) is 7.06. The zero-order chi connectivity index (χ0) is 20.1. The summed E-state index contributed by atoms with van der Waals surface area (Å²) in [4.78, 5) is 22.9. The number of carbonyl (C=O) groups excluding carboxylic acids is 1. The maximum Gasteiger partial charge on any atom is 0.416 e. The van der Waals surface area contributed by atoms with Crippen molar-refractivity contribution in [2.24, 2.45) is 0 Å². The molecule has 1 aromatic rings. The summed E-state index contributed by atoms with van der Waals surface area (Å²) in [5, 5.41) is 11.5. The number of carboxylic acids is 1. The molecule has 0 spiro atoms. The van der Waals surface area contributed by atoms with Gasteiger partial charge in [0.25, 0.3) is 0 Å². The topological polar surface area (TPSA) is 75.6 Å². The second-order valence-corrected chi connectivity index (χ2v) is 7.09. The number of halogens is 3. The molecule has 8 heteroatoms. The Balaban J connectivity index is 2.94. The van der Waals surface area contributed by atoms with E-state index in [1.54, 1.807) is 27.7 Å². The Morgan fingerprint density at radius 2 is 1.69 bits per heavy atom. The average Bonchev–Trinajstić information content (AvgIpc) is 2.48. The third-order valence-corrected chi connectivity index (χ3v) is 3.74. The van der Waals surface area contributed by atoms with Crippen molar-refractivity contribution in [1.29, 1.82) is 0 Å². The third kappa shape index (κ3) is 7.33. The normalized spacial score (nSPS) is 14.4. The van der Waals surface area contributed by atoms with Crippen LogP contribution in [-0.4, -0.2) is 28.8 Å². The van der Waals surface area contributed by atoms with Crippen molar-refractivity contribution in [1.82, 2.24) is 5.32 Å². The van der Waals surface area contributed by atoms with Crippen LogP contribution in [0.3, 0.4) is 0 Å². The number of carboxylic acid groups (broad SMARTS) is 1. The molecule has 1 amide bonds. The van der Waals surface area contributed by atoms with Gasteiger partial charge in [-0.3, -0.25) is 4.79 Å². The summed E-state index contributed by atoms with van der Waals surface area (Å²) in [5.74, 6) is -1.43. The summed E-state index contributed by atoms with van der Waals surface area (Å²) in [6, 6.07) is 4.00. The first kappa shape index (κ1) is 21.8. The minimum atomic E-state index is -4.43. The molecular formula is C18H24F3NO4. The lowest BCUT2D eigenvalue weighted by Crippen LogP contribution is -2.42. The number of alkyl halides is 3. The summed E-state index contributed by atoms with van der Waals surface area (Å²) in [5.41, 5.74) is -0.931. The third-order valence-electron chi connectivity index (χ3n) is 3.74. The number of hydrogen-bond acceptors (Lipinski definition) is 3. The van der Waals surface area contributed by atoms with Crippen LogP contribution in [0.5, 0.6) is 0 Å². The van der Waals surface area contributed by atoms with Gasteiger partial charge >= 0.3 is 18.2 Å². The second kappa shape index (κ2) is 8.42. The summed E-state index contributed by atoms with van der Waals surface area (Å²) in [6.45, 7) is 6.79. The first-order valence-electron chi connectivity index (χ1n) is 8.18. The van der Waals surface area contributed by atoms with Gasteiger partial charge in [0, 0.05) is 18.4 Å². The van der Waals surface area contributed by atoms with Crippen molar-refractivity contribution >= 4 is 12.1 Å². The molecule has 146 valence electrons. The molecule has 0 saturated heterocycles. The number of carbonyl (C=O) groups is 2. The van der Waals surface area contributed by atoms with E-state index >= 15 is 0 Å². The fourth-order valence-corrected chi connectivity index (χ4v) is 2.39. The highest BCUT2D eigenvalue weighted by Gasteiger charge is 2.31. The minimum Gasteiger partial charge on any atom is -0.481 e. The zero-order valence-electron chi connectivity index (χ0n) is 15.2. The molecule has 2 N–H and O–H groups in total. The number of aliphatic carboxylic acids is 1. The maximum absolute atomic E-state index is 12.7. The highest BCUT2D eigenvalue weighted by atomic mass is 19.4. The molecule has 0 heterocycles. The second-order valence-electron chi connectivity index (χ2n) is 7.09. The van der Waals surface area contributed by atoms with Crippen molar-refractivity contribution in [3.8, 4) is 0 Å². The molecule has 2 atom stereocenters. The number of nitrogens with one attached hydrogen (secondary N) is 1. The quantitative estimate of drug-likeness (QED) is 0.764. The minimum absolute atomic E-state index is 0.122. The Morgan fingerprint density at radius 3 is 2.12 bits per heavy atom. The van der Waals surface area contributed by atoms with Gasteiger partial charge in [-0.2, -0.15) is 13.2 Å². The van der Waals surface area contributed by atoms with E-state index in [4.69, 9.17) is 9.84 Å². The van der Waals surface area contributed by atoms with Crippen molar-refractivity contribution < 1.29 is 32.6 Å². The van der Waals surface area contributed by atoms with Crippen LogP contribution in [-0.2, 0) is 15.7 Å². The standard InChI is InChI=1S/C18H24F3NO4/c1-11(12-5-7-13(8-6-12)18(19,20)21)14(9-10-15(23)24)22-16(25)26-17(2,3)4/h5-8,11,14H,9-10H2,1-4H3,(H,22,25)(H,23,24). The molecule has 0 aliphatic carbocycles. The van der Waals surface area contributed by atoms with Crippen molar-refractivity contribution in [2.45, 2.75) is 64.3 Å². The van der Waals surface area contributed by atoms with E-state index in [-0.39, 0.29) is 12.8 Å². The van der Waals surface area contributed by atoms with Crippen LogP contribution in [0.25, 0.3) is 0 Å². The Hall–Kier alpha value is -2.25. The van der Waals surface area contributed by atoms with Crippen LogP contribution in [0.15, 0.2) is 24.3 Å². The summed E-state index contributed by atoms with van der Waals surface area (Å²) in [6.07, 6.45) is -5.20. The molecule has 1 rings (SSSR count). The van der Waals surface area contributed by atoms with E-state index in [1.807, 2.05) is 0 Å². The highest BCUT2D eigenvalue weighted by molar-refractivity contribution is 5.69. The van der Waals surface area contributed by atoms with Crippen LogP contribution in [0.1, 0.15) is 57.6 Å². The Morgan fingerprint density at radius 1 is 1.15 bits per heavy atom. The molecular weight excluding hydrogens is 351 g/mol. The van der Waals surface area contributed by atoms with Gasteiger partial charge in [-0.25, -0.2) is 4.79 Å². The van der Waals surface area contributed by atoms with E-state index in [0.717, 1.165) is 12.1 Å². The predicted molar refractivity (Wildman–Crippen MR) is 89.9 cm³/mol. The maximum atomic E-state index is 12.7. The molecule has 5 nitrogen and oxygen atoms in total. The molecule has 0 saturated carbocycles. The molecule has 0 radical (unpaired) electrons. The summed E-state index contributed by atoms with van der Waals surface area (Å²) in [7, 11) is 0. The van der Waals surface area contributed by atoms with Gasteiger partial charge in [0.1, 0.15) is 5.60 Å². The van der Waals surface area contributed by atoms with Gasteiger partial charge in [0.15, 0.2) is 0 Å². The molecule has 26 heavy (non-hydrogen) atoms. The van der Waals surface area contributed by atoms with Crippen LogP contribution in [0, 0.1) is 0 Å². The molecule has 1 aromatic carbocycles. The highest BCUT2D eigenvalue weighted by Crippen LogP contribution is 2.31. The van der Waals surface area contributed by atoms with Crippen LogP contribution in [0.2, 0.25) is 0 Å². The van der Waals surface area contributed by atoms with Gasteiger partial charge in [0.2, 0.25) is 0 Å². The van der Waals surface area contributed by atoms with Gasteiger partial charge in [0.05, 0.1) is 5.56 Å². The van der Waals surface area contributed by atoms with Crippen molar-refractivity contribution in [3.63, 3.8) is 0 Å². The van der Waals surface area contributed by atoms with Crippen LogP contribution >= 0.6 is 0 Å². The Labute approximate surface area is 150 Å². The number of benzene rings is 1. The summed E-state index contributed by atoms with van der Waals surface area (Å²) < 4.78 is 43.2. The lowest BCUT2D eigenvalue weighted by molar-refractivity contribution is -0.138. The van der Waals surface area contributed by atoms with Crippen molar-refractivity contribution in [3.05, 3.63) is 35.4 Å². The van der Waals surface area contributed by atoms with E-state index in [2.05, 4.69) is 5.32 Å². The lowest BCUT2D eigenvalue weighted by Gasteiger charge is -2.27. The average molecular weight is 375 g/mol. The van der Waals surface area contributed by atoms with Gasteiger partial charge in [-0.15, -0.1) is 0 Å². The lowest BCUT2D eigenvalue weighted by atomic mass is 9.90. The first-order valence-corrected chi connectivity index (χ1v) is 8.18. The van der Waals surface area contributed by atoms with Gasteiger partial charge in [-0.05, 0) is 44.9 Å². The smallest absolute Gasteiger partial charge is 0.416 e. The number of hydrogen-bond donors (Lipinski definition) is 2. The fourth-order valence-electron chi connectivity index (χ4n) is 2.39. The van der Waals surface area contributed by atoms with E-state index < -0.39 is 41.4 Å². The van der Waals surface area contributed by atoms with E-state index in [0.29, 0.717) is 5.56 Å². The van der Waals surface area contributed by atoms with Crippen LogP contribution < -0.4 is 5.32 Å². The fraction of sp³-hybridized carbons (Fsp3) is 0.556. The monoisotopic (exact) mass is 375 g/mol. The molecule has 0 aliphatic heterocycles. The zero-order valence-corrected chi connectivity index (χ0v) is 15.2. The van der Waals surface area contributed by atoms with E-state index in [1.165, 1.54) is 12.1 Å². The Bertz CT molecular complexity index is 621. The molecule has 0 aromatic heterocycles. The molecule has 2 unspecified atom stereocenters. The summed E-state index contributed by atoms with van der Waals surface area (Å²) >= 11 is 0. The van der Waals surface area contributed by atoms with Crippen molar-refractivity contribution in [2.75, 3.05) is 0 Å². The largest absolute Gasteiger partial charge is 0.481 e. The number of ether oxygens (including phenoxy) is 1. The van der Waals surface area contributed by atoms with Gasteiger partial charge in [-0.1, -0.05) is 19.1 Å². The number of alkyl carbamates (subject to hydrolysis) is 1. The molecule has 0 bridgehead atoms.